The third kappa shape index (κ3) is 5.46. The summed E-state index contributed by atoms with van der Waals surface area (Å²) in [6, 6.07) is 12.2. The standard InChI is InChI=1S/C21H19FN2O5S/c1-28-11-10-24-20(26)18(30-21(24)27)12-14-4-2-3-5-17(14)29-13-19(25)23-16-8-6-15(22)7-9-16/h2-9,12H,10-11,13H2,1H3,(H,23,25)/b18-12+. The highest BCUT2D eigenvalue weighted by Crippen LogP contribution is 2.33. The van der Waals surface area contributed by atoms with Crippen molar-refractivity contribution in [3.8, 4) is 5.75 Å². The van der Waals surface area contributed by atoms with E-state index >= 15 is 0 Å². The van der Waals surface area contributed by atoms with Gasteiger partial charge in [-0.1, -0.05) is 18.2 Å². The van der Waals surface area contributed by atoms with E-state index in [-0.39, 0.29) is 29.9 Å². The number of halogens is 1. The van der Waals surface area contributed by atoms with Crippen molar-refractivity contribution >= 4 is 40.6 Å². The average molecular weight is 430 g/mol. The third-order valence-corrected chi connectivity index (χ3v) is 4.99. The summed E-state index contributed by atoms with van der Waals surface area (Å²) in [5.41, 5.74) is 1.01. The lowest BCUT2D eigenvalue weighted by molar-refractivity contribution is -0.123. The van der Waals surface area contributed by atoms with Crippen LogP contribution < -0.4 is 10.1 Å². The number of hydrogen-bond acceptors (Lipinski definition) is 6. The number of nitrogens with zero attached hydrogens (tertiary/aromatic N) is 1. The minimum atomic E-state index is -0.420. The second kappa shape index (κ2) is 10.0. The second-order valence-corrected chi connectivity index (χ2v) is 7.20. The molecule has 9 heteroatoms. The zero-order valence-corrected chi connectivity index (χ0v) is 16.9. The molecule has 0 spiro atoms. The van der Waals surface area contributed by atoms with E-state index in [4.69, 9.17) is 9.47 Å². The van der Waals surface area contributed by atoms with Gasteiger partial charge in [0.1, 0.15) is 11.6 Å². The van der Waals surface area contributed by atoms with E-state index in [0.717, 1.165) is 16.7 Å². The quantitative estimate of drug-likeness (QED) is 0.645. The number of nitrogens with one attached hydrogen (secondary N) is 1. The number of methoxy groups -OCH3 is 1. The summed E-state index contributed by atoms with van der Waals surface area (Å²) in [5, 5.41) is 2.24. The van der Waals surface area contributed by atoms with Crippen molar-refractivity contribution in [2.45, 2.75) is 0 Å². The molecule has 3 rings (SSSR count). The molecule has 0 aromatic heterocycles. The number of anilines is 1. The Labute approximate surface area is 176 Å². The molecule has 0 saturated carbocycles. The summed E-state index contributed by atoms with van der Waals surface area (Å²) >= 11 is 0.841. The summed E-state index contributed by atoms with van der Waals surface area (Å²) < 4.78 is 23.5. The van der Waals surface area contributed by atoms with Crippen LogP contribution in [0, 0.1) is 5.82 Å². The first-order chi connectivity index (χ1) is 14.5. The van der Waals surface area contributed by atoms with Gasteiger partial charge in [-0.2, -0.15) is 0 Å². The number of amides is 3. The number of rotatable bonds is 8. The summed E-state index contributed by atoms with van der Waals surface area (Å²) in [5.74, 6) is -0.831. The van der Waals surface area contributed by atoms with E-state index in [2.05, 4.69) is 5.32 Å². The topological polar surface area (TPSA) is 84.9 Å². The number of para-hydroxylation sites is 1. The van der Waals surface area contributed by atoms with Crippen LogP contribution in [0.2, 0.25) is 0 Å². The number of carbonyl (C=O) groups is 3. The Balaban J connectivity index is 1.66. The molecule has 0 aliphatic carbocycles. The summed E-state index contributed by atoms with van der Waals surface area (Å²) in [4.78, 5) is 38.0. The highest BCUT2D eigenvalue weighted by molar-refractivity contribution is 8.18. The first-order valence-corrected chi connectivity index (χ1v) is 9.81. The minimum Gasteiger partial charge on any atom is -0.483 e. The van der Waals surface area contributed by atoms with Crippen LogP contribution in [0.5, 0.6) is 5.75 Å². The van der Waals surface area contributed by atoms with E-state index in [9.17, 15) is 18.8 Å². The smallest absolute Gasteiger partial charge is 0.293 e. The maximum Gasteiger partial charge on any atom is 0.293 e. The molecule has 0 radical (unpaired) electrons. The van der Waals surface area contributed by atoms with Crippen molar-refractivity contribution in [3.05, 3.63) is 64.8 Å². The van der Waals surface area contributed by atoms with Crippen molar-refractivity contribution in [3.63, 3.8) is 0 Å². The van der Waals surface area contributed by atoms with Crippen LogP contribution in [0.15, 0.2) is 53.4 Å². The monoisotopic (exact) mass is 430 g/mol. The molecule has 0 atom stereocenters. The van der Waals surface area contributed by atoms with Gasteiger partial charge in [-0.3, -0.25) is 19.3 Å². The van der Waals surface area contributed by atoms with Gasteiger partial charge in [0.25, 0.3) is 17.1 Å². The molecule has 1 aliphatic rings. The SMILES string of the molecule is COCCN1C(=O)S/C(=C/c2ccccc2OCC(=O)Nc2ccc(F)cc2)C1=O. The predicted octanol–water partition coefficient (Wildman–Crippen LogP) is 3.53. The van der Waals surface area contributed by atoms with E-state index in [1.165, 1.54) is 31.4 Å². The normalized spacial score (nSPS) is 15.0. The molecule has 30 heavy (non-hydrogen) atoms. The number of benzene rings is 2. The molecule has 1 N–H and O–H groups in total. The third-order valence-electron chi connectivity index (χ3n) is 4.08. The Hall–Kier alpha value is -3.17. The highest BCUT2D eigenvalue weighted by atomic mass is 32.2. The number of carbonyl (C=O) groups excluding carboxylic acids is 3. The number of thioether (sulfide) groups is 1. The molecule has 0 unspecified atom stereocenters. The fourth-order valence-electron chi connectivity index (χ4n) is 2.62. The zero-order chi connectivity index (χ0) is 21.5. The number of imide groups is 1. The second-order valence-electron chi connectivity index (χ2n) is 6.21. The number of ether oxygens (including phenoxy) is 2. The van der Waals surface area contributed by atoms with Crippen LogP contribution in [0.1, 0.15) is 5.56 Å². The summed E-state index contributed by atoms with van der Waals surface area (Å²) in [7, 11) is 1.49. The molecule has 1 aliphatic heterocycles. The average Bonchev–Trinajstić information content (AvgIpc) is 3.00. The van der Waals surface area contributed by atoms with E-state index in [1.54, 1.807) is 30.3 Å². The van der Waals surface area contributed by atoms with Crippen LogP contribution in [0.4, 0.5) is 14.9 Å². The van der Waals surface area contributed by atoms with E-state index in [0.29, 0.717) is 17.0 Å². The van der Waals surface area contributed by atoms with Crippen LogP contribution in [-0.4, -0.2) is 48.8 Å². The molecule has 7 nitrogen and oxygen atoms in total. The maximum absolute atomic E-state index is 12.9. The Morgan fingerprint density at radius 2 is 1.90 bits per heavy atom. The molecular weight excluding hydrogens is 411 g/mol. The zero-order valence-electron chi connectivity index (χ0n) is 16.1. The Morgan fingerprint density at radius 1 is 1.17 bits per heavy atom. The molecule has 156 valence electrons. The Morgan fingerprint density at radius 3 is 2.63 bits per heavy atom. The summed E-state index contributed by atoms with van der Waals surface area (Å²) in [6.45, 7) is 0.159. The van der Waals surface area contributed by atoms with Crippen LogP contribution >= 0.6 is 11.8 Å². The van der Waals surface area contributed by atoms with Crippen LogP contribution in [0.3, 0.4) is 0 Å². The van der Waals surface area contributed by atoms with Crippen molar-refractivity contribution in [2.24, 2.45) is 0 Å². The molecule has 3 amide bonds. The Kier molecular flexibility index (Phi) is 7.21. The molecule has 1 saturated heterocycles. The van der Waals surface area contributed by atoms with Gasteiger partial charge in [0, 0.05) is 18.4 Å². The van der Waals surface area contributed by atoms with Crippen molar-refractivity contribution in [2.75, 3.05) is 32.2 Å². The van der Waals surface area contributed by atoms with E-state index in [1.807, 2.05) is 0 Å². The van der Waals surface area contributed by atoms with Gasteiger partial charge in [-0.15, -0.1) is 0 Å². The fourth-order valence-corrected chi connectivity index (χ4v) is 3.48. The molecule has 1 heterocycles. The highest BCUT2D eigenvalue weighted by Gasteiger charge is 2.34. The van der Waals surface area contributed by atoms with Crippen molar-refractivity contribution in [1.82, 2.24) is 4.90 Å². The summed E-state index contributed by atoms with van der Waals surface area (Å²) in [6.07, 6.45) is 1.56. The first-order valence-electron chi connectivity index (χ1n) is 8.99. The van der Waals surface area contributed by atoms with Gasteiger partial charge in [0.15, 0.2) is 6.61 Å². The lowest BCUT2D eigenvalue weighted by Crippen LogP contribution is -2.31. The predicted molar refractivity (Wildman–Crippen MR) is 112 cm³/mol. The van der Waals surface area contributed by atoms with Gasteiger partial charge < -0.3 is 14.8 Å². The molecular formula is C21H19FN2O5S. The lowest BCUT2D eigenvalue weighted by Gasteiger charge is -2.11. The van der Waals surface area contributed by atoms with Crippen molar-refractivity contribution < 1.29 is 28.2 Å². The van der Waals surface area contributed by atoms with Crippen molar-refractivity contribution in [1.29, 1.82) is 0 Å². The molecule has 1 fully saturated rings. The maximum atomic E-state index is 12.9. The minimum absolute atomic E-state index is 0.181. The van der Waals surface area contributed by atoms with Gasteiger partial charge in [0.05, 0.1) is 18.1 Å². The van der Waals surface area contributed by atoms with Gasteiger partial charge in [-0.25, -0.2) is 4.39 Å². The Bertz CT molecular complexity index is 978. The first kappa shape index (κ1) is 21.5. The van der Waals surface area contributed by atoms with Gasteiger partial charge in [0.2, 0.25) is 0 Å². The molecule has 0 bridgehead atoms. The van der Waals surface area contributed by atoms with E-state index < -0.39 is 17.6 Å². The van der Waals surface area contributed by atoms with Gasteiger partial charge in [-0.05, 0) is 48.2 Å². The largest absolute Gasteiger partial charge is 0.483 e. The molecule has 2 aromatic rings. The van der Waals surface area contributed by atoms with Crippen LogP contribution in [-0.2, 0) is 14.3 Å². The number of hydrogen-bond donors (Lipinski definition) is 1. The lowest BCUT2D eigenvalue weighted by atomic mass is 10.2. The van der Waals surface area contributed by atoms with Crippen LogP contribution in [0.25, 0.3) is 6.08 Å². The van der Waals surface area contributed by atoms with Gasteiger partial charge >= 0.3 is 0 Å². The molecule has 2 aromatic carbocycles. The fraction of sp³-hybridized carbons (Fsp3) is 0.190.